The average Bonchev–Trinajstić information content (AvgIpc) is 3.04. The summed E-state index contributed by atoms with van der Waals surface area (Å²) < 4.78 is 5.28. The van der Waals surface area contributed by atoms with Gasteiger partial charge >= 0.3 is 0 Å². The lowest BCUT2D eigenvalue weighted by atomic mass is 9.93. The molecule has 1 aliphatic heterocycles. The van der Waals surface area contributed by atoms with Crippen LogP contribution in [0.5, 0.6) is 0 Å². The highest BCUT2D eigenvalue weighted by molar-refractivity contribution is 5.99. The van der Waals surface area contributed by atoms with Crippen molar-refractivity contribution < 1.29 is 19.4 Å². The first-order valence-electron chi connectivity index (χ1n) is 11.9. The third-order valence-electron chi connectivity index (χ3n) is 6.81. The maximum atomic E-state index is 13.3. The van der Waals surface area contributed by atoms with Crippen LogP contribution in [0.4, 0.5) is 0 Å². The second-order valence-corrected chi connectivity index (χ2v) is 10.4. The largest absolute Gasteiger partial charge is 0.387 e. The maximum Gasteiger partial charge on any atom is 0.251 e. The van der Waals surface area contributed by atoms with E-state index in [0.29, 0.717) is 25.0 Å². The molecule has 0 radical (unpaired) electrons. The third kappa shape index (κ3) is 5.09. The van der Waals surface area contributed by atoms with E-state index in [9.17, 15) is 14.7 Å². The standard InChI is InChI=1S/C27H34N4O4/c1-26(2)16-22(32)31(25(28)30-26)21(12-13-35-4)17-9-7-10-18(14-17)24(33)29-23-20-11-6-5-8-19(20)15-27(23,3)34/h5-11,14,21,23,34H,12-13,15-16H2,1-4H3,(H2,28,30)(H,29,33)/t21-,23-,27-/m1/s1. The van der Waals surface area contributed by atoms with Crippen molar-refractivity contribution in [1.29, 1.82) is 5.41 Å². The number of benzene rings is 2. The lowest BCUT2D eigenvalue weighted by molar-refractivity contribution is -0.132. The van der Waals surface area contributed by atoms with Crippen LogP contribution >= 0.6 is 0 Å². The lowest BCUT2D eigenvalue weighted by Crippen LogP contribution is -2.60. The summed E-state index contributed by atoms with van der Waals surface area (Å²) in [6, 6.07) is 13.9. The predicted octanol–water partition coefficient (Wildman–Crippen LogP) is 3.08. The number of hydrogen-bond donors (Lipinski definition) is 4. The number of hydrogen-bond acceptors (Lipinski definition) is 5. The molecule has 1 fully saturated rings. The van der Waals surface area contributed by atoms with E-state index in [1.54, 1.807) is 32.2 Å². The Balaban J connectivity index is 1.60. The van der Waals surface area contributed by atoms with E-state index in [0.717, 1.165) is 16.7 Å². The molecule has 2 aromatic rings. The van der Waals surface area contributed by atoms with Crippen LogP contribution in [-0.4, -0.2) is 52.6 Å². The molecule has 35 heavy (non-hydrogen) atoms. The molecule has 2 aliphatic rings. The average molecular weight is 479 g/mol. The molecular formula is C27H34N4O4. The highest BCUT2D eigenvalue weighted by atomic mass is 16.5. The Kier molecular flexibility index (Phi) is 6.71. The molecule has 4 rings (SSSR count). The number of carbonyl (C=O) groups excluding carboxylic acids is 2. The number of fused-ring (bicyclic) bond motifs is 1. The summed E-state index contributed by atoms with van der Waals surface area (Å²) in [4.78, 5) is 27.8. The zero-order valence-corrected chi connectivity index (χ0v) is 20.7. The van der Waals surface area contributed by atoms with Gasteiger partial charge in [0.25, 0.3) is 5.91 Å². The molecule has 0 bridgehead atoms. The molecular weight excluding hydrogens is 444 g/mol. The zero-order chi connectivity index (χ0) is 25.4. The minimum Gasteiger partial charge on any atom is -0.387 e. The highest BCUT2D eigenvalue weighted by Gasteiger charge is 2.42. The van der Waals surface area contributed by atoms with E-state index < -0.39 is 23.2 Å². The van der Waals surface area contributed by atoms with Gasteiger partial charge < -0.3 is 20.5 Å². The zero-order valence-electron chi connectivity index (χ0n) is 20.7. The van der Waals surface area contributed by atoms with Crippen molar-refractivity contribution in [2.24, 2.45) is 0 Å². The van der Waals surface area contributed by atoms with Crippen molar-refractivity contribution in [3.05, 3.63) is 70.8 Å². The third-order valence-corrected chi connectivity index (χ3v) is 6.81. The molecule has 186 valence electrons. The molecule has 3 atom stereocenters. The molecule has 4 N–H and O–H groups in total. The predicted molar refractivity (Wildman–Crippen MR) is 133 cm³/mol. The number of ether oxygens (including phenoxy) is 1. The van der Waals surface area contributed by atoms with Crippen LogP contribution in [-0.2, 0) is 16.0 Å². The van der Waals surface area contributed by atoms with Crippen LogP contribution in [0.2, 0.25) is 0 Å². The van der Waals surface area contributed by atoms with Crippen LogP contribution in [0.1, 0.15) is 72.7 Å². The van der Waals surface area contributed by atoms with E-state index in [1.165, 1.54) is 4.90 Å². The molecule has 0 spiro atoms. The quantitative estimate of drug-likeness (QED) is 0.488. The van der Waals surface area contributed by atoms with Gasteiger partial charge in [0.1, 0.15) is 0 Å². The van der Waals surface area contributed by atoms with Crippen LogP contribution < -0.4 is 10.6 Å². The number of nitrogens with zero attached hydrogens (tertiary/aromatic N) is 1. The Morgan fingerprint density at radius 2 is 1.97 bits per heavy atom. The molecule has 1 saturated heterocycles. The number of aliphatic hydroxyl groups is 1. The Morgan fingerprint density at radius 1 is 1.23 bits per heavy atom. The van der Waals surface area contributed by atoms with Crippen molar-refractivity contribution in [2.45, 2.75) is 63.3 Å². The summed E-state index contributed by atoms with van der Waals surface area (Å²) in [5, 5.41) is 25.6. The molecule has 8 heteroatoms. The molecule has 2 aromatic carbocycles. The fraction of sp³-hybridized carbons (Fsp3) is 0.444. The molecule has 8 nitrogen and oxygen atoms in total. The van der Waals surface area contributed by atoms with Gasteiger partial charge in [0.2, 0.25) is 5.91 Å². The number of carbonyl (C=O) groups is 2. The minimum atomic E-state index is -1.09. The van der Waals surface area contributed by atoms with Crippen molar-refractivity contribution in [3.8, 4) is 0 Å². The number of rotatable bonds is 7. The smallest absolute Gasteiger partial charge is 0.251 e. The molecule has 0 aromatic heterocycles. The van der Waals surface area contributed by atoms with Crippen molar-refractivity contribution in [1.82, 2.24) is 15.5 Å². The number of amides is 2. The fourth-order valence-electron chi connectivity index (χ4n) is 5.15. The van der Waals surface area contributed by atoms with Gasteiger partial charge in [-0.25, -0.2) is 0 Å². The topological polar surface area (TPSA) is 115 Å². The second-order valence-electron chi connectivity index (χ2n) is 10.4. The monoisotopic (exact) mass is 478 g/mol. The summed E-state index contributed by atoms with van der Waals surface area (Å²) in [7, 11) is 1.59. The van der Waals surface area contributed by atoms with Gasteiger partial charge in [0.15, 0.2) is 5.96 Å². The van der Waals surface area contributed by atoms with E-state index >= 15 is 0 Å². The van der Waals surface area contributed by atoms with E-state index in [1.807, 2.05) is 44.2 Å². The van der Waals surface area contributed by atoms with Crippen molar-refractivity contribution in [3.63, 3.8) is 0 Å². The number of methoxy groups -OCH3 is 1. The van der Waals surface area contributed by atoms with Gasteiger partial charge in [-0.15, -0.1) is 0 Å². The first-order chi connectivity index (χ1) is 16.5. The Hall–Kier alpha value is -3.23. The minimum absolute atomic E-state index is 0.0424. The lowest BCUT2D eigenvalue weighted by Gasteiger charge is -2.42. The van der Waals surface area contributed by atoms with Gasteiger partial charge in [-0.2, -0.15) is 0 Å². The second kappa shape index (κ2) is 9.43. The number of nitrogens with one attached hydrogen (secondary N) is 3. The maximum absolute atomic E-state index is 13.3. The van der Waals surface area contributed by atoms with Gasteiger partial charge in [-0.1, -0.05) is 36.4 Å². The Labute approximate surface area is 206 Å². The van der Waals surface area contributed by atoms with Crippen LogP contribution in [0.15, 0.2) is 48.5 Å². The van der Waals surface area contributed by atoms with Gasteiger partial charge in [-0.3, -0.25) is 19.9 Å². The molecule has 2 amide bonds. The first-order valence-corrected chi connectivity index (χ1v) is 11.9. The van der Waals surface area contributed by atoms with E-state index in [2.05, 4.69) is 10.6 Å². The summed E-state index contributed by atoms with van der Waals surface area (Å²) in [6.07, 6.45) is 1.20. The summed E-state index contributed by atoms with van der Waals surface area (Å²) in [5.74, 6) is -0.409. The number of guanidine groups is 1. The van der Waals surface area contributed by atoms with Crippen LogP contribution in [0.25, 0.3) is 0 Å². The highest BCUT2D eigenvalue weighted by Crippen LogP contribution is 2.39. The molecule has 1 aliphatic carbocycles. The summed E-state index contributed by atoms with van der Waals surface area (Å²) in [5.41, 5.74) is 1.52. The Morgan fingerprint density at radius 3 is 2.69 bits per heavy atom. The Bertz CT molecular complexity index is 1120. The van der Waals surface area contributed by atoms with E-state index in [4.69, 9.17) is 10.1 Å². The SMILES string of the molecule is COCC[C@H](c1cccc(C(=O)N[C@@H]2c3ccccc3C[C@@]2(C)O)c1)N1C(=N)NC(C)(C)CC1=O. The first kappa shape index (κ1) is 24.9. The van der Waals surface area contributed by atoms with Crippen molar-refractivity contribution >= 4 is 17.8 Å². The molecule has 1 heterocycles. The molecule has 0 saturated carbocycles. The van der Waals surface area contributed by atoms with Crippen LogP contribution in [0.3, 0.4) is 0 Å². The van der Waals surface area contributed by atoms with Crippen LogP contribution in [0, 0.1) is 5.41 Å². The van der Waals surface area contributed by atoms with Crippen molar-refractivity contribution in [2.75, 3.05) is 13.7 Å². The van der Waals surface area contributed by atoms with Gasteiger partial charge in [0, 0.05) is 37.7 Å². The fourth-order valence-corrected chi connectivity index (χ4v) is 5.15. The summed E-state index contributed by atoms with van der Waals surface area (Å²) in [6.45, 7) is 5.91. The summed E-state index contributed by atoms with van der Waals surface area (Å²) >= 11 is 0. The normalized spacial score (nSPS) is 24.0. The molecule has 0 unspecified atom stereocenters. The van der Waals surface area contributed by atoms with Gasteiger partial charge in [-0.05, 0) is 56.0 Å². The van der Waals surface area contributed by atoms with E-state index in [-0.39, 0.29) is 24.2 Å². The van der Waals surface area contributed by atoms with Gasteiger partial charge in [0.05, 0.1) is 17.7 Å².